The molecule has 7 nitrogen and oxygen atoms in total. The zero-order valence-electron chi connectivity index (χ0n) is 10.1. The van der Waals surface area contributed by atoms with Crippen molar-refractivity contribution in [1.82, 2.24) is 9.55 Å². The minimum Gasteiger partial charge on any atom is -0.467 e. The number of ether oxygens (including phenoxy) is 2. The number of H-pyrrole nitrogens is 1. The number of methoxy groups -OCH3 is 1. The quantitative estimate of drug-likeness (QED) is 0.731. The number of carbonyl (C=O) groups excluding carboxylic acids is 1. The van der Waals surface area contributed by atoms with Crippen molar-refractivity contribution in [3.8, 4) is 0 Å². The molecule has 1 N–H and O–H groups in total. The molecule has 1 aromatic rings. The van der Waals surface area contributed by atoms with Crippen LogP contribution in [0.1, 0.15) is 24.6 Å². The third-order valence-corrected chi connectivity index (χ3v) is 2.92. The van der Waals surface area contributed by atoms with E-state index in [1.807, 2.05) is 0 Å². The van der Waals surface area contributed by atoms with Gasteiger partial charge in [0.25, 0.3) is 5.56 Å². The average Bonchev–Trinajstić information content (AvgIpc) is 2.82. The Bertz CT molecular complexity index is 574. The van der Waals surface area contributed by atoms with Crippen molar-refractivity contribution in [3.05, 3.63) is 32.6 Å². The van der Waals surface area contributed by atoms with Crippen LogP contribution in [-0.4, -0.2) is 28.7 Å². The summed E-state index contributed by atoms with van der Waals surface area (Å²) in [5.41, 5.74) is -0.542. The predicted octanol–water partition coefficient (Wildman–Crippen LogP) is -0.304. The summed E-state index contributed by atoms with van der Waals surface area (Å²) in [6.07, 6.45) is 1.25. The number of carbonyl (C=O) groups is 1. The molecule has 2 atom stereocenters. The summed E-state index contributed by atoms with van der Waals surface area (Å²) in [4.78, 5) is 36.4. The standard InChI is InChI=1S/C11H14N2O5/c1-6-5-13(11(16)12-9(6)14)8-4-3-7(18-8)10(15)17-2/h5,7-8H,3-4H2,1-2H3,(H,12,14,16)/t7-,8-/m0/s1. The van der Waals surface area contributed by atoms with Gasteiger partial charge in [-0.3, -0.25) is 14.3 Å². The number of aromatic amines is 1. The molecule has 0 amide bonds. The molecular formula is C11H14N2O5. The predicted molar refractivity (Wildman–Crippen MR) is 61.2 cm³/mol. The molecule has 18 heavy (non-hydrogen) atoms. The molecular weight excluding hydrogens is 240 g/mol. The van der Waals surface area contributed by atoms with E-state index in [4.69, 9.17) is 4.74 Å². The molecule has 0 spiro atoms. The first kappa shape index (κ1) is 12.6. The monoisotopic (exact) mass is 254 g/mol. The van der Waals surface area contributed by atoms with Gasteiger partial charge in [-0.05, 0) is 19.8 Å². The summed E-state index contributed by atoms with van der Waals surface area (Å²) in [5.74, 6) is -0.452. The topological polar surface area (TPSA) is 90.4 Å². The summed E-state index contributed by atoms with van der Waals surface area (Å²) >= 11 is 0. The maximum atomic E-state index is 11.6. The molecule has 2 rings (SSSR count). The second-order valence-electron chi connectivity index (χ2n) is 4.16. The van der Waals surface area contributed by atoms with E-state index in [1.54, 1.807) is 6.92 Å². The first-order chi connectivity index (χ1) is 8.52. The Labute approximate surface area is 102 Å². The highest BCUT2D eigenvalue weighted by Gasteiger charge is 2.32. The Hall–Kier alpha value is -1.89. The van der Waals surface area contributed by atoms with E-state index in [1.165, 1.54) is 17.9 Å². The lowest BCUT2D eigenvalue weighted by atomic mass is 10.2. The van der Waals surface area contributed by atoms with Gasteiger partial charge in [0.05, 0.1) is 7.11 Å². The minimum absolute atomic E-state index is 0.416. The van der Waals surface area contributed by atoms with Gasteiger partial charge in [0.2, 0.25) is 0 Å². The molecule has 98 valence electrons. The first-order valence-corrected chi connectivity index (χ1v) is 5.58. The number of nitrogens with one attached hydrogen (secondary N) is 1. The number of esters is 1. The molecule has 0 unspecified atom stereocenters. The van der Waals surface area contributed by atoms with Gasteiger partial charge in [-0.1, -0.05) is 0 Å². The second kappa shape index (κ2) is 4.77. The zero-order valence-corrected chi connectivity index (χ0v) is 10.1. The van der Waals surface area contributed by atoms with E-state index >= 15 is 0 Å². The summed E-state index contributed by atoms with van der Waals surface area (Å²) in [6.45, 7) is 1.60. The molecule has 0 saturated carbocycles. The minimum atomic E-state index is -0.654. The van der Waals surface area contributed by atoms with Crippen molar-refractivity contribution >= 4 is 5.97 Å². The number of aromatic nitrogens is 2. The van der Waals surface area contributed by atoms with Crippen molar-refractivity contribution in [2.75, 3.05) is 7.11 Å². The lowest BCUT2D eigenvalue weighted by Crippen LogP contribution is -2.33. The Morgan fingerprint density at radius 2 is 2.22 bits per heavy atom. The van der Waals surface area contributed by atoms with Gasteiger partial charge in [0.1, 0.15) is 6.23 Å². The van der Waals surface area contributed by atoms with Gasteiger partial charge >= 0.3 is 11.7 Å². The Kier molecular flexibility index (Phi) is 3.33. The van der Waals surface area contributed by atoms with E-state index in [9.17, 15) is 14.4 Å². The number of rotatable bonds is 2. The number of aryl methyl sites for hydroxylation is 1. The number of hydrogen-bond donors (Lipinski definition) is 1. The third-order valence-electron chi connectivity index (χ3n) is 2.92. The van der Waals surface area contributed by atoms with Crippen LogP contribution in [0.3, 0.4) is 0 Å². The average molecular weight is 254 g/mol. The van der Waals surface area contributed by atoms with Crippen LogP contribution < -0.4 is 11.2 Å². The molecule has 0 aliphatic carbocycles. The first-order valence-electron chi connectivity index (χ1n) is 5.58. The van der Waals surface area contributed by atoms with Crippen molar-refractivity contribution in [2.24, 2.45) is 0 Å². The molecule has 1 aliphatic heterocycles. The van der Waals surface area contributed by atoms with Crippen molar-refractivity contribution in [1.29, 1.82) is 0 Å². The summed E-state index contributed by atoms with van der Waals surface area (Å²) in [5, 5.41) is 0. The fraction of sp³-hybridized carbons (Fsp3) is 0.545. The van der Waals surface area contributed by atoms with Crippen LogP contribution in [0.4, 0.5) is 0 Å². The normalized spacial score (nSPS) is 23.0. The lowest BCUT2D eigenvalue weighted by molar-refractivity contribution is -0.155. The van der Waals surface area contributed by atoms with Crippen LogP contribution in [0.2, 0.25) is 0 Å². The van der Waals surface area contributed by atoms with Crippen molar-refractivity contribution in [3.63, 3.8) is 0 Å². The second-order valence-corrected chi connectivity index (χ2v) is 4.16. The highest BCUT2D eigenvalue weighted by atomic mass is 16.6. The SMILES string of the molecule is COC(=O)[C@@H]1CC[C@@H](n2cc(C)c(=O)[nH]c2=O)O1. The largest absolute Gasteiger partial charge is 0.467 e. The molecule has 1 aromatic heterocycles. The molecule has 0 aromatic carbocycles. The Morgan fingerprint density at radius 3 is 2.89 bits per heavy atom. The molecule has 7 heteroatoms. The fourth-order valence-corrected chi connectivity index (χ4v) is 1.93. The van der Waals surface area contributed by atoms with Crippen LogP contribution in [0.5, 0.6) is 0 Å². The van der Waals surface area contributed by atoms with E-state index in [0.717, 1.165) is 0 Å². The van der Waals surface area contributed by atoms with Gasteiger partial charge in [-0.2, -0.15) is 0 Å². The maximum Gasteiger partial charge on any atom is 0.335 e. The third kappa shape index (κ3) is 2.21. The molecule has 1 saturated heterocycles. The van der Waals surface area contributed by atoms with Crippen LogP contribution >= 0.6 is 0 Å². The van der Waals surface area contributed by atoms with Gasteiger partial charge in [0, 0.05) is 11.8 Å². The van der Waals surface area contributed by atoms with Gasteiger partial charge in [0.15, 0.2) is 6.10 Å². The van der Waals surface area contributed by atoms with Crippen molar-refractivity contribution in [2.45, 2.75) is 32.1 Å². The smallest absolute Gasteiger partial charge is 0.335 e. The van der Waals surface area contributed by atoms with E-state index in [2.05, 4.69) is 9.72 Å². The van der Waals surface area contributed by atoms with Crippen LogP contribution in [-0.2, 0) is 14.3 Å². The number of nitrogens with zero attached hydrogens (tertiary/aromatic N) is 1. The van der Waals surface area contributed by atoms with Crippen molar-refractivity contribution < 1.29 is 14.3 Å². The molecule has 1 aliphatic rings. The molecule has 2 heterocycles. The van der Waals surface area contributed by atoms with Gasteiger partial charge < -0.3 is 9.47 Å². The molecule has 0 bridgehead atoms. The Morgan fingerprint density at radius 1 is 1.50 bits per heavy atom. The van der Waals surface area contributed by atoms with Gasteiger partial charge in [-0.25, -0.2) is 9.59 Å². The maximum absolute atomic E-state index is 11.6. The highest BCUT2D eigenvalue weighted by Crippen LogP contribution is 2.27. The highest BCUT2D eigenvalue weighted by molar-refractivity contribution is 5.74. The fourth-order valence-electron chi connectivity index (χ4n) is 1.93. The molecule has 0 radical (unpaired) electrons. The lowest BCUT2D eigenvalue weighted by Gasteiger charge is -2.14. The van der Waals surface area contributed by atoms with Crippen LogP contribution in [0.15, 0.2) is 15.8 Å². The van der Waals surface area contributed by atoms with E-state index in [-0.39, 0.29) is 0 Å². The van der Waals surface area contributed by atoms with Gasteiger partial charge in [-0.15, -0.1) is 0 Å². The summed E-state index contributed by atoms with van der Waals surface area (Å²) in [6, 6.07) is 0. The summed E-state index contributed by atoms with van der Waals surface area (Å²) in [7, 11) is 1.29. The molecule has 1 fully saturated rings. The Balaban J connectivity index is 2.25. The number of hydrogen-bond acceptors (Lipinski definition) is 5. The summed E-state index contributed by atoms with van der Waals surface area (Å²) < 4.78 is 11.3. The van der Waals surface area contributed by atoms with Crippen LogP contribution in [0, 0.1) is 6.92 Å². The zero-order chi connectivity index (χ0) is 13.3. The van der Waals surface area contributed by atoms with Crippen LogP contribution in [0.25, 0.3) is 0 Å². The van der Waals surface area contributed by atoms with E-state index in [0.29, 0.717) is 18.4 Å². The van der Waals surface area contributed by atoms with E-state index < -0.39 is 29.6 Å².